The lowest BCUT2D eigenvalue weighted by Gasteiger charge is -2.47. The van der Waals surface area contributed by atoms with Gasteiger partial charge in [-0.15, -0.1) is 0 Å². The first-order valence-electron chi connectivity index (χ1n) is 10.8. The van der Waals surface area contributed by atoms with E-state index in [-0.39, 0.29) is 17.9 Å². The summed E-state index contributed by atoms with van der Waals surface area (Å²) in [6.07, 6.45) is 4.41. The van der Waals surface area contributed by atoms with Crippen LogP contribution in [0, 0.1) is 11.8 Å². The molecule has 5 N–H and O–H groups in total. The highest BCUT2D eigenvalue weighted by atomic mass is 16.6. The highest BCUT2D eigenvalue weighted by Crippen LogP contribution is 2.52. The minimum absolute atomic E-state index is 0.121. The minimum Gasteiger partial charge on any atom is -0.390 e. The van der Waals surface area contributed by atoms with Crippen molar-refractivity contribution >= 4 is 11.9 Å². The van der Waals surface area contributed by atoms with Gasteiger partial charge in [-0.3, -0.25) is 4.79 Å². The van der Waals surface area contributed by atoms with Gasteiger partial charge in [0.15, 0.2) is 0 Å². The summed E-state index contributed by atoms with van der Waals surface area (Å²) in [6.45, 7) is 10.1. The molecule has 172 valence electrons. The van der Waals surface area contributed by atoms with E-state index in [9.17, 15) is 14.7 Å². The zero-order valence-corrected chi connectivity index (χ0v) is 19.2. The highest BCUT2D eigenvalue weighted by Gasteiger charge is 2.63. The normalized spacial score (nSPS) is 31.0. The maximum atomic E-state index is 12.6. The van der Waals surface area contributed by atoms with Crippen LogP contribution < -0.4 is 16.4 Å². The Labute approximate surface area is 179 Å². The van der Waals surface area contributed by atoms with E-state index in [1.54, 1.807) is 7.11 Å². The number of rotatable bonds is 9. The van der Waals surface area contributed by atoms with Gasteiger partial charge >= 0.3 is 6.03 Å². The predicted molar refractivity (Wildman–Crippen MR) is 115 cm³/mol. The fourth-order valence-corrected chi connectivity index (χ4v) is 4.77. The molecular weight excluding hydrogens is 386 g/mol. The van der Waals surface area contributed by atoms with Crippen molar-refractivity contribution in [2.24, 2.45) is 17.6 Å². The summed E-state index contributed by atoms with van der Waals surface area (Å²) in [5.41, 5.74) is 5.19. The van der Waals surface area contributed by atoms with Gasteiger partial charge in [0.25, 0.3) is 0 Å². The summed E-state index contributed by atoms with van der Waals surface area (Å²) < 4.78 is 11.6. The second-order valence-corrected chi connectivity index (χ2v) is 9.60. The molecule has 3 amide bonds. The number of nitrogens with two attached hydrogens (primary N) is 1. The number of urea groups is 1. The Morgan fingerprint density at radius 3 is 2.50 bits per heavy atom. The number of carbonyl (C=O) groups is 2. The largest absolute Gasteiger partial charge is 0.390 e. The standard InChI is InChI=1S/C22H39N3O5/c1-13(2)8-7-10-21(5,28)18-17(29-6)15(9-11-22(18)12-30-22)24-20(27)25-16(14(3)4)19(23)26/h8,14-18,28H,7,9-12H2,1-6H3,(H2,23,26)(H2,24,25,27)/t15-,16-,17-,18-,21+,22+/m1/s1. The van der Waals surface area contributed by atoms with Crippen molar-refractivity contribution < 1.29 is 24.2 Å². The van der Waals surface area contributed by atoms with Gasteiger partial charge in [-0.1, -0.05) is 25.5 Å². The van der Waals surface area contributed by atoms with Gasteiger partial charge in [-0.2, -0.15) is 0 Å². The number of hydrogen-bond acceptors (Lipinski definition) is 5. The number of primary amides is 1. The Balaban J connectivity index is 2.14. The Kier molecular flexibility index (Phi) is 7.93. The van der Waals surface area contributed by atoms with Crippen LogP contribution in [0.3, 0.4) is 0 Å². The van der Waals surface area contributed by atoms with Crippen molar-refractivity contribution in [2.75, 3.05) is 13.7 Å². The van der Waals surface area contributed by atoms with E-state index < -0.39 is 35.3 Å². The second-order valence-electron chi connectivity index (χ2n) is 9.60. The summed E-state index contributed by atoms with van der Waals surface area (Å²) >= 11 is 0. The Hall–Kier alpha value is -1.64. The summed E-state index contributed by atoms with van der Waals surface area (Å²) in [5.74, 6) is -0.973. The first kappa shape index (κ1) is 24.6. The van der Waals surface area contributed by atoms with Gasteiger partial charge in [-0.05, 0) is 52.4 Å². The number of ether oxygens (including phenoxy) is 2. The molecule has 0 radical (unpaired) electrons. The van der Waals surface area contributed by atoms with Gasteiger partial charge in [0.05, 0.1) is 30.0 Å². The third-order valence-corrected chi connectivity index (χ3v) is 6.41. The number of nitrogens with one attached hydrogen (secondary N) is 2. The zero-order valence-electron chi connectivity index (χ0n) is 19.2. The Morgan fingerprint density at radius 2 is 2.03 bits per heavy atom. The third kappa shape index (κ3) is 5.74. The molecule has 1 saturated carbocycles. The van der Waals surface area contributed by atoms with E-state index >= 15 is 0 Å². The second kappa shape index (κ2) is 9.66. The Morgan fingerprint density at radius 1 is 1.40 bits per heavy atom. The van der Waals surface area contributed by atoms with Gasteiger partial charge in [-0.25, -0.2) is 4.79 Å². The number of methoxy groups -OCH3 is 1. The van der Waals surface area contributed by atoms with Crippen LogP contribution >= 0.6 is 0 Å². The fraction of sp³-hybridized carbons (Fsp3) is 0.818. The molecule has 2 fully saturated rings. The molecule has 1 saturated heterocycles. The zero-order chi connectivity index (χ0) is 22.7. The van der Waals surface area contributed by atoms with E-state index in [1.807, 2.05) is 34.6 Å². The van der Waals surface area contributed by atoms with E-state index in [4.69, 9.17) is 15.2 Å². The van der Waals surface area contributed by atoms with Gasteiger partial charge in [0.2, 0.25) is 5.91 Å². The van der Waals surface area contributed by atoms with Crippen molar-refractivity contribution in [3.05, 3.63) is 11.6 Å². The number of aliphatic hydroxyl groups is 1. The van der Waals surface area contributed by atoms with Crippen LogP contribution in [0.4, 0.5) is 4.79 Å². The molecule has 6 atom stereocenters. The van der Waals surface area contributed by atoms with Crippen molar-refractivity contribution in [3.63, 3.8) is 0 Å². The molecule has 0 bridgehead atoms. The molecule has 0 aromatic rings. The van der Waals surface area contributed by atoms with Crippen LogP contribution in [-0.4, -0.2) is 60.2 Å². The number of carbonyl (C=O) groups excluding carboxylic acids is 2. The number of hydrogen-bond donors (Lipinski definition) is 4. The van der Waals surface area contributed by atoms with E-state index in [0.29, 0.717) is 19.4 Å². The lowest BCUT2D eigenvalue weighted by Crippen LogP contribution is -2.63. The number of epoxide rings is 1. The molecule has 8 nitrogen and oxygen atoms in total. The Bertz CT molecular complexity index is 653. The third-order valence-electron chi connectivity index (χ3n) is 6.41. The van der Waals surface area contributed by atoms with Crippen molar-refractivity contribution in [1.82, 2.24) is 10.6 Å². The molecule has 30 heavy (non-hydrogen) atoms. The smallest absolute Gasteiger partial charge is 0.315 e. The summed E-state index contributed by atoms with van der Waals surface area (Å²) in [7, 11) is 1.60. The number of amides is 3. The first-order valence-corrected chi connectivity index (χ1v) is 10.8. The number of allylic oxidation sites excluding steroid dienone is 2. The van der Waals surface area contributed by atoms with Crippen molar-refractivity contribution in [2.45, 2.75) is 89.7 Å². The molecule has 0 unspecified atom stereocenters. The molecular formula is C22H39N3O5. The molecule has 0 aromatic carbocycles. The van der Waals surface area contributed by atoms with Crippen molar-refractivity contribution in [3.8, 4) is 0 Å². The summed E-state index contributed by atoms with van der Waals surface area (Å²) in [5, 5.41) is 17.0. The fourth-order valence-electron chi connectivity index (χ4n) is 4.77. The monoisotopic (exact) mass is 425 g/mol. The summed E-state index contributed by atoms with van der Waals surface area (Å²) in [6, 6.07) is -1.53. The van der Waals surface area contributed by atoms with Crippen LogP contribution in [-0.2, 0) is 14.3 Å². The maximum absolute atomic E-state index is 12.6. The van der Waals surface area contributed by atoms with Gasteiger partial charge in [0, 0.05) is 13.0 Å². The highest BCUT2D eigenvalue weighted by molar-refractivity contribution is 5.86. The van der Waals surface area contributed by atoms with Crippen LogP contribution in [0.2, 0.25) is 0 Å². The molecule has 1 heterocycles. The average molecular weight is 426 g/mol. The minimum atomic E-state index is -1.02. The van der Waals surface area contributed by atoms with Crippen LogP contribution in [0.25, 0.3) is 0 Å². The molecule has 1 spiro atoms. The van der Waals surface area contributed by atoms with E-state index in [0.717, 1.165) is 12.8 Å². The quantitative estimate of drug-likeness (QED) is 0.331. The molecule has 8 heteroatoms. The van der Waals surface area contributed by atoms with Crippen LogP contribution in [0.5, 0.6) is 0 Å². The van der Waals surface area contributed by atoms with Gasteiger partial charge in [0.1, 0.15) is 6.04 Å². The lowest BCUT2D eigenvalue weighted by atomic mass is 9.65. The van der Waals surface area contributed by atoms with Crippen molar-refractivity contribution in [1.29, 1.82) is 0 Å². The molecule has 2 aliphatic rings. The van der Waals surface area contributed by atoms with Crippen LogP contribution in [0.15, 0.2) is 11.6 Å². The van der Waals surface area contributed by atoms with E-state index in [2.05, 4.69) is 16.7 Å². The topological polar surface area (TPSA) is 126 Å². The average Bonchev–Trinajstić information content (AvgIpc) is 3.39. The van der Waals surface area contributed by atoms with Gasteiger partial charge < -0.3 is 30.9 Å². The molecule has 0 aromatic heterocycles. The predicted octanol–water partition coefficient (Wildman–Crippen LogP) is 1.86. The maximum Gasteiger partial charge on any atom is 0.315 e. The van der Waals surface area contributed by atoms with Crippen LogP contribution in [0.1, 0.15) is 60.3 Å². The SMILES string of the molecule is CO[C@@H]1[C@H](NC(=O)N[C@@H](C(N)=O)C(C)C)CC[C@]2(CO2)[C@H]1[C@@](C)(O)CCC=C(C)C. The molecule has 2 rings (SSSR count). The van der Waals surface area contributed by atoms with E-state index in [1.165, 1.54) is 5.57 Å². The molecule has 1 aliphatic carbocycles. The summed E-state index contributed by atoms with van der Waals surface area (Å²) in [4.78, 5) is 24.2. The first-order chi connectivity index (χ1) is 13.9. The molecule has 1 aliphatic heterocycles. The lowest BCUT2D eigenvalue weighted by molar-refractivity contribution is -0.134.